The molecule has 35 heavy (non-hydrogen) atoms. The number of rotatable bonds is 9. The summed E-state index contributed by atoms with van der Waals surface area (Å²) in [5, 5.41) is 21.5. The molecule has 0 fully saturated rings. The molecular formula is C24H19Cl3N4O3S. The fourth-order valence-electron chi connectivity index (χ4n) is 3.36. The Balaban J connectivity index is 1.56. The number of nitrogens with zero attached hydrogens (tertiary/aromatic N) is 4. The van der Waals surface area contributed by atoms with Gasteiger partial charge in [0.1, 0.15) is 23.4 Å². The molecule has 0 N–H and O–H groups in total. The molecule has 0 aliphatic carbocycles. The van der Waals surface area contributed by atoms with E-state index in [0.717, 1.165) is 11.3 Å². The summed E-state index contributed by atoms with van der Waals surface area (Å²) in [5.41, 5.74) is 2.43. The number of halogens is 3. The lowest BCUT2D eigenvalue weighted by Gasteiger charge is -2.16. The quantitative estimate of drug-likeness (QED) is 0.124. The van der Waals surface area contributed by atoms with Gasteiger partial charge in [0.15, 0.2) is 5.16 Å². The van der Waals surface area contributed by atoms with E-state index in [9.17, 15) is 10.1 Å². The van der Waals surface area contributed by atoms with E-state index in [0.29, 0.717) is 44.0 Å². The van der Waals surface area contributed by atoms with Crippen molar-refractivity contribution in [1.82, 2.24) is 14.8 Å². The van der Waals surface area contributed by atoms with E-state index in [-0.39, 0.29) is 11.5 Å². The lowest BCUT2D eigenvalue weighted by molar-refractivity contribution is -0.479. The topological polar surface area (TPSA) is 83.1 Å². The van der Waals surface area contributed by atoms with Gasteiger partial charge in [-0.05, 0) is 66.6 Å². The third-order valence-electron chi connectivity index (χ3n) is 5.08. The summed E-state index contributed by atoms with van der Waals surface area (Å²) in [7, 11) is 0. The lowest BCUT2D eigenvalue weighted by atomic mass is 10.1. The summed E-state index contributed by atoms with van der Waals surface area (Å²) in [4.78, 5) is 11.1. The number of nitro groups is 1. The van der Waals surface area contributed by atoms with Crippen molar-refractivity contribution >= 4 is 46.6 Å². The van der Waals surface area contributed by atoms with Crippen LogP contribution in [0.4, 0.5) is 0 Å². The van der Waals surface area contributed by atoms with E-state index < -0.39 is 5.25 Å². The first kappa shape index (κ1) is 25.3. The van der Waals surface area contributed by atoms with E-state index in [4.69, 9.17) is 39.5 Å². The van der Waals surface area contributed by atoms with Crippen LogP contribution in [-0.4, -0.2) is 26.2 Å². The van der Waals surface area contributed by atoms with Crippen LogP contribution in [0, 0.1) is 17.0 Å². The monoisotopic (exact) mass is 548 g/mol. The third kappa shape index (κ3) is 6.46. The van der Waals surface area contributed by atoms with Crippen LogP contribution in [0.15, 0.2) is 71.9 Å². The van der Waals surface area contributed by atoms with Crippen molar-refractivity contribution in [3.63, 3.8) is 0 Å². The van der Waals surface area contributed by atoms with Crippen LogP contribution in [0.3, 0.4) is 0 Å². The molecule has 1 heterocycles. The molecule has 4 aromatic rings. The summed E-state index contributed by atoms with van der Waals surface area (Å²) < 4.78 is 7.67. The molecule has 0 aliphatic rings. The molecule has 180 valence electrons. The first-order valence-electron chi connectivity index (χ1n) is 10.4. The van der Waals surface area contributed by atoms with Crippen LogP contribution in [0.5, 0.6) is 5.75 Å². The Kier molecular flexibility index (Phi) is 8.18. The van der Waals surface area contributed by atoms with Crippen molar-refractivity contribution in [3.05, 3.63) is 109 Å². The molecule has 1 atom stereocenters. The number of thioether (sulfide) groups is 1. The molecule has 7 nitrogen and oxygen atoms in total. The van der Waals surface area contributed by atoms with Crippen LogP contribution in [0.1, 0.15) is 22.2 Å². The first-order valence-corrected chi connectivity index (χ1v) is 12.4. The van der Waals surface area contributed by atoms with Crippen molar-refractivity contribution in [2.75, 3.05) is 6.54 Å². The fourth-order valence-corrected chi connectivity index (χ4v) is 5.02. The van der Waals surface area contributed by atoms with Crippen molar-refractivity contribution in [3.8, 4) is 11.4 Å². The molecule has 0 saturated heterocycles. The van der Waals surface area contributed by atoms with Gasteiger partial charge in [0, 0.05) is 20.7 Å². The molecule has 0 bridgehead atoms. The van der Waals surface area contributed by atoms with Gasteiger partial charge in [0.05, 0.1) is 5.02 Å². The molecule has 4 rings (SSSR count). The maximum absolute atomic E-state index is 11.5. The average Bonchev–Trinajstić information content (AvgIpc) is 3.19. The van der Waals surface area contributed by atoms with Gasteiger partial charge in [0.25, 0.3) is 0 Å². The summed E-state index contributed by atoms with van der Waals surface area (Å²) >= 11 is 19.7. The van der Waals surface area contributed by atoms with Crippen LogP contribution in [0.2, 0.25) is 15.1 Å². The minimum absolute atomic E-state index is 0.312. The Morgan fingerprint density at radius 1 is 1.00 bits per heavy atom. The van der Waals surface area contributed by atoms with Crippen molar-refractivity contribution in [2.45, 2.75) is 23.9 Å². The van der Waals surface area contributed by atoms with E-state index in [1.165, 1.54) is 11.8 Å². The molecule has 0 spiro atoms. The lowest BCUT2D eigenvalue weighted by Crippen LogP contribution is -2.11. The highest BCUT2D eigenvalue weighted by molar-refractivity contribution is 7.99. The van der Waals surface area contributed by atoms with Crippen molar-refractivity contribution in [1.29, 1.82) is 0 Å². The predicted molar refractivity (Wildman–Crippen MR) is 139 cm³/mol. The van der Waals surface area contributed by atoms with Gasteiger partial charge in [-0.2, -0.15) is 0 Å². The third-order valence-corrected chi connectivity index (χ3v) is 7.06. The number of aromatic nitrogens is 3. The highest BCUT2D eigenvalue weighted by atomic mass is 35.5. The zero-order chi connectivity index (χ0) is 24.9. The Labute approximate surface area is 221 Å². The van der Waals surface area contributed by atoms with Gasteiger partial charge in [-0.15, -0.1) is 10.2 Å². The minimum atomic E-state index is -0.553. The molecular weight excluding hydrogens is 531 g/mol. The molecule has 0 aliphatic heterocycles. The molecule has 3 aromatic carbocycles. The summed E-state index contributed by atoms with van der Waals surface area (Å²) in [6.07, 6.45) is 0. The molecule has 0 unspecified atom stereocenters. The number of benzene rings is 3. The Hall–Kier alpha value is -2.78. The highest BCUT2D eigenvalue weighted by Crippen LogP contribution is 2.38. The Morgan fingerprint density at radius 3 is 2.29 bits per heavy atom. The second-order valence-corrected chi connectivity index (χ2v) is 10.0. The predicted octanol–water partition coefficient (Wildman–Crippen LogP) is 7.23. The van der Waals surface area contributed by atoms with Crippen LogP contribution in [0.25, 0.3) is 5.69 Å². The largest absolute Gasteiger partial charge is 0.487 e. The first-order chi connectivity index (χ1) is 16.8. The molecule has 0 radical (unpaired) electrons. The molecule has 1 aromatic heterocycles. The van der Waals surface area contributed by atoms with Gasteiger partial charge < -0.3 is 4.74 Å². The minimum Gasteiger partial charge on any atom is -0.487 e. The summed E-state index contributed by atoms with van der Waals surface area (Å²) in [6, 6.07) is 19.7. The number of aryl methyl sites for hydroxylation is 1. The standard InChI is InChI=1S/C24H19Cl3N4O3S/c1-15-28-29-24(31(15)20-9-7-19(26)8-10-20)35-23(13-30(32)33)17-4-11-22(21(27)12-17)34-14-16-2-5-18(25)6-3-16/h2-12,23H,13-14H2,1H3/t23-/m0/s1. The van der Waals surface area contributed by atoms with E-state index >= 15 is 0 Å². The number of ether oxygens (including phenoxy) is 1. The molecule has 0 amide bonds. The van der Waals surface area contributed by atoms with Crippen LogP contribution < -0.4 is 4.74 Å². The highest BCUT2D eigenvalue weighted by Gasteiger charge is 2.24. The SMILES string of the molecule is Cc1nnc(S[C@@H](C[N+](=O)[O-])c2ccc(OCc3ccc(Cl)cc3)c(Cl)c2)n1-c1ccc(Cl)cc1. The van der Waals surface area contributed by atoms with Gasteiger partial charge >= 0.3 is 0 Å². The smallest absolute Gasteiger partial charge is 0.220 e. The summed E-state index contributed by atoms with van der Waals surface area (Å²) in [6.45, 7) is 1.81. The zero-order valence-corrected chi connectivity index (χ0v) is 21.5. The molecule has 11 heteroatoms. The molecule has 0 saturated carbocycles. The normalized spacial score (nSPS) is 11.9. The maximum atomic E-state index is 11.5. The van der Waals surface area contributed by atoms with Crippen LogP contribution >= 0.6 is 46.6 Å². The Morgan fingerprint density at radius 2 is 1.66 bits per heavy atom. The fraction of sp³-hybridized carbons (Fsp3) is 0.167. The number of hydrogen-bond acceptors (Lipinski definition) is 6. The second-order valence-electron chi connectivity index (χ2n) is 7.57. The average molecular weight is 550 g/mol. The van der Waals surface area contributed by atoms with Gasteiger partial charge in [-0.1, -0.05) is 64.8 Å². The van der Waals surface area contributed by atoms with Crippen molar-refractivity contribution < 1.29 is 9.66 Å². The van der Waals surface area contributed by atoms with E-state index in [1.807, 2.05) is 35.8 Å². The maximum Gasteiger partial charge on any atom is 0.220 e. The number of hydrogen-bond donors (Lipinski definition) is 0. The van der Waals surface area contributed by atoms with E-state index in [2.05, 4.69) is 10.2 Å². The van der Waals surface area contributed by atoms with E-state index in [1.54, 1.807) is 42.5 Å². The Bertz CT molecular complexity index is 1330. The zero-order valence-electron chi connectivity index (χ0n) is 18.4. The van der Waals surface area contributed by atoms with Gasteiger partial charge in [-0.25, -0.2) is 0 Å². The van der Waals surface area contributed by atoms with Gasteiger partial charge in [-0.3, -0.25) is 14.7 Å². The van der Waals surface area contributed by atoms with Gasteiger partial charge in [0.2, 0.25) is 6.54 Å². The van der Waals surface area contributed by atoms with Crippen molar-refractivity contribution in [2.24, 2.45) is 0 Å². The summed E-state index contributed by atoms with van der Waals surface area (Å²) in [5.74, 6) is 1.13. The second kappa shape index (κ2) is 11.3. The van der Waals surface area contributed by atoms with Crippen LogP contribution in [-0.2, 0) is 6.61 Å².